The molecule has 6 aromatic carbocycles. The summed E-state index contributed by atoms with van der Waals surface area (Å²) in [6.45, 7) is 12.8. The Morgan fingerprint density at radius 1 is 0.340 bits per heavy atom. The summed E-state index contributed by atoms with van der Waals surface area (Å²) in [6.07, 6.45) is 0. The lowest BCUT2D eigenvalue weighted by atomic mass is 10.4. The Labute approximate surface area is 286 Å². The van der Waals surface area contributed by atoms with Gasteiger partial charge in [0.25, 0.3) is 0 Å². The van der Waals surface area contributed by atoms with Crippen LogP contribution in [-0.4, -0.2) is 21.5 Å². The first-order valence-electron chi connectivity index (χ1n) is 16.6. The molecule has 47 heavy (non-hydrogen) atoms. The fourth-order valence-corrected chi connectivity index (χ4v) is 39.6. The topological polar surface area (TPSA) is 12.0 Å². The monoisotopic (exact) mass is 683 g/mol. The van der Waals surface area contributed by atoms with Gasteiger partial charge in [0.05, 0.1) is 0 Å². The molecule has 6 aromatic rings. The predicted molar refractivity (Wildman–Crippen MR) is 218 cm³/mol. The van der Waals surface area contributed by atoms with Gasteiger partial charge in [-0.1, -0.05) is 129 Å². The van der Waals surface area contributed by atoms with Crippen LogP contribution in [0.5, 0.6) is 0 Å². The van der Waals surface area contributed by atoms with Gasteiger partial charge < -0.3 is 4.65 Å². The fourth-order valence-electron chi connectivity index (χ4n) is 7.98. The Hall–Kier alpha value is -3.43. The van der Waals surface area contributed by atoms with E-state index in [1.54, 1.807) is 0 Å². The highest BCUT2D eigenvalue weighted by molar-refractivity contribution is 8.13. The van der Waals surface area contributed by atoms with Crippen LogP contribution < -0.4 is 36.5 Å². The van der Waals surface area contributed by atoms with Crippen LogP contribution in [0.2, 0.25) is 32.7 Å². The first-order valence-corrected chi connectivity index (χ1v) is 26.9. The standard InChI is InChI=1S/C42H47NP2Si2/c1-46(2,3)43-47(4,5)42(44(36-24-12-6-13-25-36,37-26-14-7-15-27-37)38-28-16-8-17-29-38)45(39-30-18-9-19-31-39,40-32-20-10-21-33-40)41-34-22-11-23-35-41/h6-35,42-43H,1-5H3/q+2. The third-order valence-corrected chi connectivity index (χ3v) is 32.3. The van der Waals surface area contributed by atoms with Gasteiger partial charge in [0.2, 0.25) is 8.24 Å². The molecule has 0 heterocycles. The molecule has 0 aliphatic carbocycles. The van der Waals surface area contributed by atoms with Gasteiger partial charge in [-0.05, 0) is 85.9 Å². The van der Waals surface area contributed by atoms with Crippen molar-refractivity contribution >= 4 is 62.8 Å². The molecular weight excluding hydrogens is 637 g/mol. The van der Waals surface area contributed by atoms with Crippen LogP contribution in [0, 0.1) is 0 Å². The average molecular weight is 684 g/mol. The number of hydrogen-bond donors (Lipinski definition) is 1. The van der Waals surface area contributed by atoms with E-state index in [2.05, 4.69) is 219 Å². The summed E-state index contributed by atoms with van der Waals surface area (Å²) in [7, 11) is -9.03. The van der Waals surface area contributed by atoms with Crippen LogP contribution in [0.1, 0.15) is 0 Å². The molecule has 0 aromatic heterocycles. The van der Waals surface area contributed by atoms with Crippen LogP contribution in [0.25, 0.3) is 0 Å². The van der Waals surface area contributed by atoms with Gasteiger partial charge in [0.1, 0.15) is 54.6 Å². The molecule has 0 radical (unpaired) electrons. The zero-order chi connectivity index (χ0) is 33.0. The lowest BCUT2D eigenvalue weighted by Gasteiger charge is -2.48. The first kappa shape index (κ1) is 33.5. The second kappa shape index (κ2) is 14.0. The van der Waals surface area contributed by atoms with Crippen molar-refractivity contribution in [3.63, 3.8) is 0 Å². The van der Waals surface area contributed by atoms with Crippen LogP contribution in [-0.2, 0) is 0 Å². The summed E-state index contributed by atoms with van der Waals surface area (Å²) in [5.41, 5.74) is 0. The van der Waals surface area contributed by atoms with E-state index in [0.717, 1.165) is 0 Å². The van der Waals surface area contributed by atoms with Gasteiger partial charge >= 0.3 is 0 Å². The van der Waals surface area contributed by atoms with Gasteiger partial charge in [-0.3, -0.25) is 0 Å². The summed E-state index contributed by atoms with van der Waals surface area (Å²) >= 11 is 0. The smallest absolute Gasteiger partial charge is 0.210 e. The highest BCUT2D eigenvalue weighted by Gasteiger charge is 2.73. The van der Waals surface area contributed by atoms with Crippen LogP contribution in [0.4, 0.5) is 0 Å². The van der Waals surface area contributed by atoms with E-state index >= 15 is 0 Å². The zero-order valence-electron chi connectivity index (χ0n) is 28.3. The van der Waals surface area contributed by atoms with Crippen molar-refractivity contribution in [2.45, 2.75) is 37.8 Å². The van der Waals surface area contributed by atoms with Gasteiger partial charge in [-0.2, -0.15) is 0 Å². The van der Waals surface area contributed by atoms with E-state index in [4.69, 9.17) is 0 Å². The minimum absolute atomic E-state index is 0.286. The van der Waals surface area contributed by atoms with Crippen molar-refractivity contribution in [3.05, 3.63) is 182 Å². The average Bonchev–Trinajstić information content (AvgIpc) is 3.10. The largest absolute Gasteiger partial charge is 0.354 e. The molecule has 1 nitrogen and oxygen atoms in total. The maximum atomic E-state index is 4.56. The minimum atomic E-state index is -2.43. The molecule has 0 saturated heterocycles. The molecule has 236 valence electrons. The number of hydrogen-bond acceptors (Lipinski definition) is 1. The van der Waals surface area contributed by atoms with E-state index in [-0.39, 0.29) is 5.02 Å². The Balaban J connectivity index is 1.93. The van der Waals surface area contributed by atoms with Crippen molar-refractivity contribution in [2.24, 2.45) is 0 Å². The van der Waals surface area contributed by atoms with E-state index in [0.29, 0.717) is 0 Å². The summed E-state index contributed by atoms with van der Waals surface area (Å²) in [6, 6.07) is 69.5. The quantitative estimate of drug-likeness (QED) is 0.107. The second-order valence-electron chi connectivity index (χ2n) is 13.9. The third-order valence-electron chi connectivity index (χ3n) is 9.06. The zero-order valence-corrected chi connectivity index (χ0v) is 32.1. The molecule has 0 amide bonds. The predicted octanol–water partition coefficient (Wildman–Crippen LogP) is 8.47. The van der Waals surface area contributed by atoms with E-state index in [1.165, 1.54) is 31.8 Å². The van der Waals surface area contributed by atoms with Crippen LogP contribution in [0.3, 0.4) is 0 Å². The minimum Gasteiger partial charge on any atom is -0.354 e. The summed E-state index contributed by atoms with van der Waals surface area (Å²) in [5.74, 6) is 0. The summed E-state index contributed by atoms with van der Waals surface area (Å²) < 4.78 is 4.56. The van der Waals surface area contributed by atoms with Gasteiger partial charge in [0.15, 0.2) is 5.02 Å². The van der Waals surface area contributed by atoms with Crippen LogP contribution >= 0.6 is 14.5 Å². The molecule has 5 heteroatoms. The second-order valence-corrected chi connectivity index (χ2v) is 31.9. The van der Waals surface area contributed by atoms with Crippen molar-refractivity contribution in [3.8, 4) is 0 Å². The van der Waals surface area contributed by atoms with Gasteiger partial charge in [0, 0.05) is 0 Å². The number of benzene rings is 6. The Morgan fingerprint density at radius 3 is 0.702 bits per heavy atom. The first-order chi connectivity index (χ1) is 22.7. The van der Waals surface area contributed by atoms with Crippen molar-refractivity contribution < 1.29 is 0 Å². The maximum absolute atomic E-state index is 4.56. The molecule has 0 atom stereocenters. The third kappa shape index (κ3) is 6.41. The molecule has 0 saturated carbocycles. The number of rotatable bonds is 11. The lowest BCUT2D eigenvalue weighted by molar-refractivity contribution is 1.27. The van der Waals surface area contributed by atoms with Crippen molar-refractivity contribution in [1.82, 2.24) is 4.65 Å². The van der Waals surface area contributed by atoms with Crippen molar-refractivity contribution in [1.29, 1.82) is 0 Å². The molecule has 0 bridgehead atoms. The van der Waals surface area contributed by atoms with Crippen molar-refractivity contribution in [2.75, 3.05) is 0 Å². The normalized spacial score (nSPS) is 12.6. The van der Waals surface area contributed by atoms with Gasteiger partial charge in [-0.15, -0.1) is 0 Å². The van der Waals surface area contributed by atoms with E-state index in [9.17, 15) is 0 Å². The van der Waals surface area contributed by atoms with Gasteiger partial charge in [-0.25, -0.2) is 0 Å². The van der Waals surface area contributed by atoms with E-state index < -0.39 is 31.0 Å². The lowest BCUT2D eigenvalue weighted by Crippen LogP contribution is -2.68. The Morgan fingerprint density at radius 2 is 0.532 bits per heavy atom. The Bertz CT molecular complexity index is 1530. The molecule has 0 aliphatic rings. The summed E-state index contributed by atoms with van der Waals surface area (Å²) in [5, 5.41) is 8.99. The summed E-state index contributed by atoms with van der Waals surface area (Å²) in [4.78, 5) is 0. The maximum Gasteiger partial charge on any atom is 0.210 e. The molecule has 0 spiro atoms. The van der Waals surface area contributed by atoms with Crippen LogP contribution in [0.15, 0.2) is 182 Å². The molecule has 6 rings (SSSR count). The molecular formula is C42H47NP2Si2+2. The molecule has 1 N–H and O–H groups in total. The Kier molecular flexibility index (Phi) is 9.95. The highest BCUT2D eigenvalue weighted by atomic mass is 31.2. The van der Waals surface area contributed by atoms with E-state index in [1.807, 2.05) is 0 Å². The molecule has 0 unspecified atom stereocenters. The molecule has 0 fully saturated rings. The SMILES string of the molecule is C[Si](C)(C)N[Si](C)(C)C([P+](c1ccccc1)(c1ccccc1)c1ccccc1)[P+](c1ccccc1)(c1ccccc1)c1ccccc1. The number of nitrogens with one attached hydrogen (secondary N) is 1. The molecule has 0 aliphatic heterocycles. The highest BCUT2D eigenvalue weighted by Crippen LogP contribution is 2.78. The fraction of sp³-hybridized carbons (Fsp3) is 0.143.